The normalized spacial score (nSPS) is 19.7. The second kappa shape index (κ2) is 10.3. The summed E-state index contributed by atoms with van der Waals surface area (Å²) in [6.45, 7) is 11.5. The fraction of sp³-hybridized carbons (Fsp3) is 0.565. The van der Waals surface area contributed by atoms with Crippen molar-refractivity contribution in [3.05, 3.63) is 41.0 Å². The Morgan fingerprint density at radius 2 is 1.72 bits per heavy atom. The lowest BCUT2D eigenvalue weighted by atomic mass is 10.1. The number of aromatic nitrogens is 3. The number of pyridine rings is 1. The third-order valence-corrected chi connectivity index (χ3v) is 5.71. The molecule has 172 valence electrons. The summed E-state index contributed by atoms with van der Waals surface area (Å²) in [4.78, 5) is 30.6. The number of hydrogen-bond donors (Lipinski definition) is 1. The highest BCUT2D eigenvalue weighted by atomic mass is 16.5. The molecule has 2 aliphatic heterocycles. The topological polar surface area (TPSA) is 92.7 Å². The first-order valence-electron chi connectivity index (χ1n) is 11.2. The van der Waals surface area contributed by atoms with Crippen molar-refractivity contribution >= 4 is 17.5 Å². The molecule has 2 aromatic rings. The van der Waals surface area contributed by atoms with Gasteiger partial charge in [-0.2, -0.15) is 0 Å². The standard InChI is InChI=1S/C23H32N6O3/c1-16-12-17(2)26-23(25-16)27-19-13-18(3)24-20(14-19)21-15-29(8-11-32-21)22(30)4-5-28-6-9-31-10-7-28/h12-14,21H,4-11,15H2,1-3H3,(H,24,25,26,27). The zero-order chi connectivity index (χ0) is 22.5. The highest BCUT2D eigenvalue weighted by Gasteiger charge is 2.27. The van der Waals surface area contributed by atoms with Gasteiger partial charge in [-0.05, 0) is 39.0 Å². The molecule has 9 nitrogen and oxygen atoms in total. The molecule has 32 heavy (non-hydrogen) atoms. The first kappa shape index (κ1) is 22.6. The molecule has 0 aromatic carbocycles. The number of carbonyl (C=O) groups is 1. The van der Waals surface area contributed by atoms with Crippen LogP contribution in [-0.4, -0.2) is 83.2 Å². The van der Waals surface area contributed by atoms with Crippen LogP contribution in [0.2, 0.25) is 0 Å². The summed E-state index contributed by atoms with van der Waals surface area (Å²) in [6, 6.07) is 5.86. The van der Waals surface area contributed by atoms with Crippen LogP contribution in [0.3, 0.4) is 0 Å². The van der Waals surface area contributed by atoms with Crippen molar-refractivity contribution in [2.45, 2.75) is 33.3 Å². The van der Waals surface area contributed by atoms with Gasteiger partial charge in [0, 0.05) is 55.4 Å². The minimum absolute atomic E-state index is 0.166. The van der Waals surface area contributed by atoms with Gasteiger partial charge in [0.1, 0.15) is 6.10 Å². The summed E-state index contributed by atoms with van der Waals surface area (Å²) in [7, 11) is 0. The van der Waals surface area contributed by atoms with Gasteiger partial charge in [0.25, 0.3) is 0 Å². The summed E-state index contributed by atoms with van der Waals surface area (Å²) in [5, 5.41) is 3.28. The van der Waals surface area contributed by atoms with Crippen molar-refractivity contribution < 1.29 is 14.3 Å². The van der Waals surface area contributed by atoms with Gasteiger partial charge in [-0.1, -0.05) is 0 Å². The second-order valence-electron chi connectivity index (χ2n) is 8.42. The first-order valence-corrected chi connectivity index (χ1v) is 11.2. The number of carbonyl (C=O) groups excluding carboxylic acids is 1. The smallest absolute Gasteiger partial charge is 0.227 e. The lowest BCUT2D eigenvalue weighted by Crippen LogP contribution is -2.44. The third-order valence-electron chi connectivity index (χ3n) is 5.71. The summed E-state index contributed by atoms with van der Waals surface area (Å²) < 4.78 is 11.4. The molecule has 0 spiro atoms. The number of aryl methyl sites for hydroxylation is 3. The van der Waals surface area contributed by atoms with E-state index in [1.807, 2.05) is 43.9 Å². The predicted molar refractivity (Wildman–Crippen MR) is 121 cm³/mol. The van der Waals surface area contributed by atoms with Gasteiger partial charge in [-0.15, -0.1) is 0 Å². The van der Waals surface area contributed by atoms with E-state index < -0.39 is 0 Å². The molecule has 2 fully saturated rings. The van der Waals surface area contributed by atoms with E-state index in [1.165, 1.54) is 0 Å². The van der Waals surface area contributed by atoms with Gasteiger partial charge < -0.3 is 19.7 Å². The van der Waals surface area contributed by atoms with Crippen LogP contribution in [0, 0.1) is 20.8 Å². The Kier molecular flexibility index (Phi) is 7.29. The average molecular weight is 441 g/mol. The Morgan fingerprint density at radius 1 is 1.00 bits per heavy atom. The molecule has 1 amide bonds. The highest BCUT2D eigenvalue weighted by molar-refractivity contribution is 5.76. The molecule has 0 radical (unpaired) electrons. The number of nitrogens with zero attached hydrogens (tertiary/aromatic N) is 5. The van der Waals surface area contributed by atoms with Crippen LogP contribution < -0.4 is 5.32 Å². The molecule has 2 aliphatic rings. The molecule has 0 bridgehead atoms. The van der Waals surface area contributed by atoms with Gasteiger partial charge in [-0.25, -0.2) is 9.97 Å². The Labute approximate surface area is 189 Å². The molecule has 0 saturated carbocycles. The van der Waals surface area contributed by atoms with Gasteiger partial charge in [-0.3, -0.25) is 14.7 Å². The van der Waals surface area contributed by atoms with Crippen molar-refractivity contribution in [3.63, 3.8) is 0 Å². The average Bonchev–Trinajstić information content (AvgIpc) is 2.77. The zero-order valence-corrected chi connectivity index (χ0v) is 19.1. The largest absolute Gasteiger partial charge is 0.379 e. The molecular weight excluding hydrogens is 408 g/mol. The molecular formula is C23H32N6O3. The zero-order valence-electron chi connectivity index (χ0n) is 19.1. The van der Waals surface area contributed by atoms with E-state index in [-0.39, 0.29) is 12.0 Å². The quantitative estimate of drug-likeness (QED) is 0.731. The predicted octanol–water partition coefficient (Wildman–Crippen LogP) is 2.16. The summed E-state index contributed by atoms with van der Waals surface area (Å²) >= 11 is 0. The van der Waals surface area contributed by atoms with Gasteiger partial charge in [0.2, 0.25) is 11.9 Å². The van der Waals surface area contributed by atoms with E-state index in [1.54, 1.807) is 0 Å². The van der Waals surface area contributed by atoms with Crippen LogP contribution in [0.1, 0.15) is 35.3 Å². The van der Waals surface area contributed by atoms with Crippen molar-refractivity contribution in [2.24, 2.45) is 0 Å². The van der Waals surface area contributed by atoms with Crippen LogP contribution in [0.5, 0.6) is 0 Å². The van der Waals surface area contributed by atoms with Crippen LogP contribution >= 0.6 is 0 Å². The van der Waals surface area contributed by atoms with Crippen molar-refractivity contribution in [2.75, 3.05) is 57.9 Å². The number of nitrogens with one attached hydrogen (secondary N) is 1. The minimum Gasteiger partial charge on any atom is -0.379 e. The number of rotatable bonds is 6. The maximum atomic E-state index is 12.8. The SMILES string of the molecule is Cc1cc(Nc2nc(C)cc(C)n2)cc(C2CN(C(=O)CCN3CCOCC3)CCO2)n1. The summed E-state index contributed by atoms with van der Waals surface area (Å²) in [5.41, 5.74) is 4.36. The molecule has 1 atom stereocenters. The van der Waals surface area contributed by atoms with Crippen LogP contribution in [0.25, 0.3) is 0 Å². The van der Waals surface area contributed by atoms with Crippen molar-refractivity contribution in [3.8, 4) is 0 Å². The Bertz CT molecular complexity index is 927. The second-order valence-corrected chi connectivity index (χ2v) is 8.42. The van der Waals surface area contributed by atoms with Gasteiger partial charge in [0.15, 0.2) is 0 Å². The van der Waals surface area contributed by atoms with Crippen LogP contribution in [0.4, 0.5) is 11.6 Å². The van der Waals surface area contributed by atoms with E-state index in [9.17, 15) is 4.79 Å². The van der Waals surface area contributed by atoms with E-state index >= 15 is 0 Å². The molecule has 9 heteroatoms. The van der Waals surface area contributed by atoms with Crippen LogP contribution in [0.15, 0.2) is 18.2 Å². The number of anilines is 2. The fourth-order valence-corrected chi connectivity index (χ4v) is 4.13. The molecule has 1 N–H and O–H groups in total. The molecule has 1 unspecified atom stereocenters. The highest BCUT2D eigenvalue weighted by Crippen LogP contribution is 2.25. The Balaban J connectivity index is 1.40. The lowest BCUT2D eigenvalue weighted by molar-refractivity contribution is -0.139. The number of amides is 1. The van der Waals surface area contributed by atoms with E-state index in [4.69, 9.17) is 9.47 Å². The number of ether oxygens (including phenoxy) is 2. The number of hydrogen-bond acceptors (Lipinski definition) is 8. The molecule has 2 aromatic heterocycles. The molecule has 4 rings (SSSR count). The Hall–Kier alpha value is -2.62. The fourth-order valence-electron chi connectivity index (χ4n) is 4.13. The monoisotopic (exact) mass is 440 g/mol. The minimum atomic E-state index is -0.253. The third kappa shape index (κ3) is 5.99. The molecule has 0 aliphatic carbocycles. The van der Waals surface area contributed by atoms with E-state index in [2.05, 4.69) is 25.2 Å². The van der Waals surface area contributed by atoms with Crippen LogP contribution in [-0.2, 0) is 14.3 Å². The Morgan fingerprint density at radius 3 is 2.47 bits per heavy atom. The van der Waals surface area contributed by atoms with E-state index in [0.717, 1.165) is 61.3 Å². The first-order chi connectivity index (χ1) is 15.5. The summed E-state index contributed by atoms with van der Waals surface area (Å²) in [6.07, 6.45) is 0.266. The maximum absolute atomic E-state index is 12.8. The summed E-state index contributed by atoms with van der Waals surface area (Å²) in [5.74, 6) is 0.725. The van der Waals surface area contributed by atoms with Gasteiger partial charge in [0.05, 0.1) is 32.1 Å². The van der Waals surface area contributed by atoms with Gasteiger partial charge >= 0.3 is 0 Å². The number of morpholine rings is 2. The molecule has 4 heterocycles. The van der Waals surface area contributed by atoms with Crippen molar-refractivity contribution in [1.29, 1.82) is 0 Å². The maximum Gasteiger partial charge on any atom is 0.227 e. The molecule has 2 saturated heterocycles. The van der Waals surface area contributed by atoms with E-state index in [0.29, 0.717) is 32.1 Å². The lowest BCUT2D eigenvalue weighted by Gasteiger charge is -2.34. The van der Waals surface area contributed by atoms with Crippen molar-refractivity contribution in [1.82, 2.24) is 24.8 Å².